The number of nitrogens with zero attached hydrogens (tertiary/aromatic N) is 1. The summed E-state index contributed by atoms with van der Waals surface area (Å²) in [6.45, 7) is 2.90. The minimum absolute atomic E-state index is 0.0156. The molecule has 0 saturated carbocycles. The average molecular weight is 343 g/mol. The second-order valence-electron chi connectivity index (χ2n) is 6.11. The van der Waals surface area contributed by atoms with Gasteiger partial charge in [0, 0.05) is 30.2 Å². The number of halogens is 1. The summed E-state index contributed by atoms with van der Waals surface area (Å²) < 4.78 is 0. The van der Waals surface area contributed by atoms with E-state index in [2.05, 4.69) is 5.32 Å². The molecule has 1 saturated heterocycles. The Labute approximate surface area is 146 Å². The van der Waals surface area contributed by atoms with Gasteiger partial charge in [-0.1, -0.05) is 48.0 Å². The molecule has 124 valence electrons. The number of likely N-dealkylation sites (tertiary alicyclic amines) is 1. The first kappa shape index (κ1) is 16.5. The van der Waals surface area contributed by atoms with Gasteiger partial charge in [-0.3, -0.25) is 9.59 Å². The Morgan fingerprint density at radius 3 is 2.75 bits per heavy atom. The lowest BCUT2D eigenvalue weighted by molar-refractivity contribution is -0.128. The van der Waals surface area contributed by atoms with Crippen LogP contribution in [-0.4, -0.2) is 23.3 Å². The first-order valence-electron chi connectivity index (χ1n) is 7.91. The van der Waals surface area contributed by atoms with Crippen LogP contribution < -0.4 is 5.32 Å². The van der Waals surface area contributed by atoms with E-state index in [0.717, 1.165) is 11.1 Å². The van der Waals surface area contributed by atoms with E-state index >= 15 is 0 Å². The zero-order valence-corrected chi connectivity index (χ0v) is 14.2. The van der Waals surface area contributed by atoms with E-state index in [1.165, 1.54) is 0 Å². The van der Waals surface area contributed by atoms with E-state index in [4.69, 9.17) is 11.6 Å². The molecule has 1 aliphatic rings. The first-order chi connectivity index (χ1) is 11.5. The van der Waals surface area contributed by atoms with Crippen molar-refractivity contribution in [2.45, 2.75) is 19.9 Å². The maximum atomic E-state index is 12.5. The zero-order valence-electron chi connectivity index (χ0n) is 13.5. The second kappa shape index (κ2) is 7.05. The number of benzene rings is 2. The normalized spacial score (nSPS) is 17.2. The number of anilines is 1. The summed E-state index contributed by atoms with van der Waals surface area (Å²) in [5.41, 5.74) is 2.71. The van der Waals surface area contributed by atoms with E-state index in [0.29, 0.717) is 23.8 Å². The number of hydrogen-bond donors (Lipinski definition) is 1. The van der Waals surface area contributed by atoms with Gasteiger partial charge >= 0.3 is 0 Å². The summed E-state index contributed by atoms with van der Waals surface area (Å²) in [5, 5.41) is 3.47. The van der Waals surface area contributed by atoms with Crippen LogP contribution in [0.25, 0.3) is 0 Å². The number of nitrogens with one attached hydrogen (secondary N) is 1. The van der Waals surface area contributed by atoms with Crippen molar-refractivity contribution < 1.29 is 9.59 Å². The number of hydrogen-bond acceptors (Lipinski definition) is 2. The van der Waals surface area contributed by atoms with Crippen molar-refractivity contribution in [2.24, 2.45) is 5.92 Å². The Balaban J connectivity index is 1.64. The Hall–Kier alpha value is -2.33. The largest absolute Gasteiger partial charge is 0.338 e. The molecule has 24 heavy (non-hydrogen) atoms. The van der Waals surface area contributed by atoms with Crippen molar-refractivity contribution >= 4 is 29.1 Å². The van der Waals surface area contributed by atoms with Crippen LogP contribution >= 0.6 is 11.6 Å². The molecule has 5 heteroatoms. The molecule has 2 aromatic rings. The molecule has 0 aliphatic carbocycles. The van der Waals surface area contributed by atoms with Crippen molar-refractivity contribution in [1.82, 2.24) is 4.90 Å². The topological polar surface area (TPSA) is 49.4 Å². The van der Waals surface area contributed by atoms with Gasteiger partial charge in [0.1, 0.15) is 0 Å². The highest BCUT2D eigenvalue weighted by Gasteiger charge is 2.34. The third kappa shape index (κ3) is 3.77. The minimum Gasteiger partial charge on any atom is -0.338 e. The monoisotopic (exact) mass is 342 g/mol. The van der Waals surface area contributed by atoms with Crippen LogP contribution in [-0.2, 0) is 16.1 Å². The molecule has 0 aromatic heterocycles. The van der Waals surface area contributed by atoms with E-state index < -0.39 is 0 Å². The van der Waals surface area contributed by atoms with Gasteiger partial charge in [0.15, 0.2) is 0 Å². The number of amides is 2. The fraction of sp³-hybridized carbons (Fsp3) is 0.263. The molecule has 2 aromatic carbocycles. The lowest BCUT2D eigenvalue weighted by Gasteiger charge is -2.17. The van der Waals surface area contributed by atoms with E-state index in [1.54, 1.807) is 17.0 Å². The van der Waals surface area contributed by atoms with Gasteiger partial charge in [0.25, 0.3) is 0 Å². The molecule has 3 rings (SSSR count). The van der Waals surface area contributed by atoms with Gasteiger partial charge in [-0.05, 0) is 30.2 Å². The van der Waals surface area contributed by atoms with Crippen LogP contribution in [0.3, 0.4) is 0 Å². The maximum absolute atomic E-state index is 12.5. The van der Waals surface area contributed by atoms with Crippen molar-refractivity contribution in [3.8, 4) is 0 Å². The lowest BCUT2D eigenvalue weighted by Crippen LogP contribution is -2.28. The summed E-state index contributed by atoms with van der Waals surface area (Å²) in [4.78, 5) is 26.4. The standard InChI is InChI=1S/C19H19ClN2O2/c1-13-7-8-16(20)10-17(13)21-19(24)15-9-18(23)22(12-15)11-14-5-3-2-4-6-14/h2-8,10,15H,9,11-12H2,1H3,(H,21,24)/t15-/m1/s1. The Bertz CT molecular complexity index is 761. The van der Waals surface area contributed by atoms with Crippen molar-refractivity contribution in [3.63, 3.8) is 0 Å². The molecule has 4 nitrogen and oxygen atoms in total. The van der Waals surface area contributed by atoms with Crippen LogP contribution in [0.15, 0.2) is 48.5 Å². The summed E-state index contributed by atoms with van der Waals surface area (Å²) >= 11 is 5.98. The van der Waals surface area contributed by atoms with Gasteiger partial charge < -0.3 is 10.2 Å². The highest BCUT2D eigenvalue weighted by atomic mass is 35.5. The SMILES string of the molecule is Cc1ccc(Cl)cc1NC(=O)[C@@H]1CC(=O)N(Cc2ccccc2)C1. The number of carbonyl (C=O) groups excluding carboxylic acids is 2. The van der Waals surface area contributed by atoms with Crippen LogP contribution in [0, 0.1) is 12.8 Å². The summed E-state index contributed by atoms with van der Waals surface area (Å²) in [7, 11) is 0. The fourth-order valence-corrected chi connectivity index (χ4v) is 3.04. The van der Waals surface area contributed by atoms with Crippen molar-refractivity contribution in [2.75, 3.05) is 11.9 Å². The van der Waals surface area contributed by atoms with Crippen LogP contribution in [0.2, 0.25) is 5.02 Å². The number of carbonyl (C=O) groups is 2. The third-order valence-corrected chi connectivity index (χ3v) is 4.49. The molecule has 1 aliphatic heterocycles. The van der Waals surface area contributed by atoms with Crippen LogP contribution in [0.4, 0.5) is 5.69 Å². The molecule has 2 amide bonds. The predicted molar refractivity (Wildman–Crippen MR) is 94.8 cm³/mol. The second-order valence-corrected chi connectivity index (χ2v) is 6.55. The van der Waals surface area contributed by atoms with E-state index in [9.17, 15) is 9.59 Å². The van der Waals surface area contributed by atoms with Crippen LogP contribution in [0.1, 0.15) is 17.5 Å². The van der Waals surface area contributed by atoms with Gasteiger partial charge in [-0.25, -0.2) is 0 Å². The molecule has 1 atom stereocenters. The molecular weight excluding hydrogens is 324 g/mol. The van der Waals surface area contributed by atoms with Crippen LogP contribution in [0.5, 0.6) is 0 Å². The first-order valence-corrected chi connectivity index (χ1v) is 8.29. The van der Waals surface area contributed by atoms with Gasteiger partial charge in [-0.2, -0.15) is 0 Å². The smallest absolute Gasteiger partial charge is 0.229 e. The van der Waals surface area contributed by atoms with E-state index in [-0.39, 0.29) is 24.2 Å². The zero-order chi connectivity index (χ0) is 17.1. The molecule has 0 unspecified atom stereocenters. The number of rotatable bonds is 4. The Kier molecular flexibility index (Phi) is 4.86. The molecule has 0 bridgehead atoms. The summed E-state index contributed by atoms with van der Waals surface area (Å²) in [6.07, 6.45) is 0.248. The highest BCUT2D eigenvalue weighted by molar-refractivity contribution is 6.31. The highest BCUT2D eigenvalue weighted by Crippen LogP contribution is 2.24. The molecular formula is C19H19ClN2O2. The van der Waals surface area contributed by atoms with Gasteiger partial charge in [-0.15, -0.1) is 0 Å². The molecule has 1 fully saturated rings. The third-order valence-electron chi connectivity index (χ3n) is 4.26. The lowest BCUT2D eigenvalue weighted by atomic mass is 10.1. The van der Waals surface area contributed by atoms with E-state index in [1.807, 2.05) is 43.3 Å². The fourth-order valence-electron chi connectivity index (χ4n) is 2.87. The summed E-state index contributed by atoms with van der Waals surface area (Å²) in [5.74, 6) is -0.453. The van der Waals surface area contributed by atoms with Gasteiger partial charge in [0.2, 0.25) is 11.8 Å². The van der Waals surface area contributed by atoms with Crippen molar-refractivity contribution in [3.05, 3.63) is 64.7 Å². The number of aryl methyl sites for hydroxylation is 1. The van der Waals surface area contributed by atoms with Crippen molar-refractivity contribution in [1.29, 1.82) is 0 Å². The quantitative estimate of drug-likeness (QED) is 0.922. The molecule has 0 spiro atoms. The Morgan fingerprint density at radius 2 is 2.00 bits per heavy atom. The predicted octanol–water partition coefficient (Wildman–Crippen LogP) is 3.64. The maximum Gasteiger partial charge on any atom is 0.229 e. The molecule has 0 radical (unpaired) electrons. The summed E-state index contributed by atoms with van der Waals surface area (Å²) in [6, 6.07) is 15.2. The minimum atomic E-state index is -0.334. The Morgan fingerprint density at radius 1 is 1.25 bits per heavy atom. The molecule has 1 N–H and O–H groups in total. The molecule has 1 heterocycles. The van der Waals surface area contributed by atoms with Gasteiger partial charge in [0.05, 0.1) is 5.92 Å². The average Bonchev–Trinajstić information content (AvgIpc) is 2.93.